The second-order valence-electron chi connectivity index (χ2n) is 5.99. The number of piperazine rings is 1. The van der Waals surface area contributed by atoms with Gasteiger partial charge >= 0.3 is 0 Å². The minimum absolute atomic E-state index is 0.826. The van der Waals surface area contributed by atoms with Gasteiger partial charge in [-0.1, -0.05) is 42.5 Å². The molecule has 23 heavy (non-hydrogen) atoms. The molecule has 0 atom stereocenters. The second kappa shape index (κ2) is 7.57. The predicted molar refractivity (Wildman–Crippen MR) is 101 cm³/mol. The van der Waals surface area contributed by atoms with Gasteiger partial charge in [0, 0.05) is 38.4 Å². The van der Waals surface area contributed by atoms with Gasteiger partial charge in [0.2, 0.25) is 0 Å². The molecule has 1 heterocycles. The highest BCUT2D eigenvalue weighted by Gasteiger charge is 2.19. The summed E-state index contributed by atoms with van der Waals surface area (Å²) in [6.07, 6.45) is 0. The van der Waals surface area contributed by atoms with Gasteiger partial charge in [0.15, 0.2) is 5.11 Å². The quantitative estimate of drug-likeness (QED) is 0.870. The van der Waals surface area contributed by atoms with Crippen molar-refractivity contribution in [2.45, 2.75) is 13.5 Å². The van der Waals surface area contributed by atoms with Gasteiger partial charge in [-0.05, 0) is 42.4 Å². The van der Waals surface area contributed by atoms with E-state index in [-0.39, 0.29) is 0 Å². The molecule has 1 aliphatic heterocycles. The molecular formula is C19H23N3S. The third-order valence-corrected chi connectivity index (χ3v) is 4.70. The first-order valence-electron chi connectivity index (χ1n) is 8.10. The predicted octanol–water partition coefficient (Wildman–Crippen LogP) is 3.51. The molecule has 1 aliphatic rings. The fourth-order valence-corrected chi connectivity index (χ4v) is 3.16. The van der Waals surface area contributed by atoms with Crippen molar-refractivity contribution < 1.29 is 0 Å². The standard InChI is InChI=1S/C19H23N3S/c1-16-7-5-6-8-17(16)15-21-11-13-22(14-12-21)19(23)20-18-9-3-2-4-10-18/h2-10H,11-15H2,1H3,(H,20,23). The van der Waals surface area contributed by atoms with E-state index in [1.165, 1.54) is 11.1 Å². The van der Waals surface area contributed by atoms with Crippen LogP contribution >= 0.6 is 12.2 Å². The maximum absolute atomic E-state index is 5.54. The highest BCUT2D eigenvalue weighted by molar-refractivity contribution is 7.80. The van der Waals surface area contributed by atoms with Crippen molar-refractivity contribution >= 4 is 23.0 Å². The normalized spacial score (nSPS) is 15.4. The molecule has 1 N–H and O–H groups in total. The van der Waals surface area contributed by atoms with Gasteiger partial charge in [0.25, 0.3) is 0 Å². The van der Waals surface area contributed by atoms with Crippen molar-refractivity contribution in [1.82, 2.24) is 9.80 Å². The third-order valence-electron chi connectivity index (χ3n) is 4.34. The lowest BCUT2D eigenvalue weighted by molar-refractivity contribution is 0.176. The van der Waals surface area contributed by atoms with E-state index in [4.69, 9.17) is 12.2 Å². The number of hydrogen-bond acceptors (Lipinski definition) is 2. The third kappa shape index (κ3) is 4.30. The molecule has 0 aromatic heterocycles. The smallest absolute Gasteiger partial charge is 0.173 e. The fourth-order valence-electron chi connectivity index (χ4n) is 2.86. The first kappa shape index (κ1) is 16.0. The molecule has 120 valence electrons. The van der Waals surface area contributed by atoms with Crippen LogP contribution in [0.5, 0.6) is 0 Å². The SMILES string of the molecule is Cc1ccccc1CN1CCN(C(=S)Nc2ccccc2)CC1. The highest BCUT2D eigenvalue weighted by atomic mass is 32.1. The first-order valence-corrected chi connectivity index (χ1v) is 8.51. The van der Waals surface area contributed by atoms with Crippen LogP contribution in [0.25, 0.3) is 0 Å². The second-order valence-corrected chi connectivity index (χ2v) is 6.37. The van der Waals surface area contributed by atoms with Crippen molar-refractivity contribution in [2.75, 3.05) is 31.5 Å². The monoisotopic (exact) mass is 325 g/mol. The Kier molecular flexibility index (Phi) is 5.26. The molecule has 0 bridgehead atoms. The van der Waals surface area contributed by atoms with Crippen LogP contribution in [0.4, 0.5) is 5.69 Å². The number of nitrogens with zero attached hydrogens (tertiary/aromatic N) is 2. The minimum Gasteiger partial charge on any atom is -0.346 e. The molecule has 0 unspecified atom stereocenters. The van der Waals surface area contributed by atoms with E-state index in [0.717, 1.165) is 43.5 Å². The van der Waals surface area contributed by atoms with E-state index < -0.39 is 0 Å². The fraction of sp³-hybridized carbons (Fsp3) is 0.316. The summed E-state index contributed by atoms with van der Waals surface area (Å²) in [5.74, 6) is 0. The molecule has 1 fully saturated rings. The van der Waals surface area contributed by atoms with E-state index in [2.05, 4.69) is 46.3 Å². The number of nitrogens with one attached hydrogen (secondary N) is 1. The summed E-state index contributed by atoms with van der Waals surface area (Å²) in [7, 11) is 0. The molecule has 0 aliphatic carbocycles. The zero-order valence-electron chi connectivity index (χ0n) is 13.5. The van der Waals surface area contributed by atoms with Crippen LogP contribution in [0, 0.1) is 6.92 Å². The molecule has 4 heteroatoms. The number of hydrogen-bond donors (Lipinski definition) is 1. The molecule has 0 amide bonds. The Balaban J connectivity index is 1.50. The molecule has 0 spiro atoms. The van der Waals surface area contributed by atoms with E-state index in [1.54, 1.807) is 0 Å². The Labute approximate surface area is 143 Å². The minimum atomic E-state index is 0.826. The summed E-state index contributed by atoms with van der Waals surface area (Å²) < 4.78 is 0. The van der Waals surface area contributed by atoms with E-state index >= 15 is 0 Å². The summed E-state index contributed by atoms with van der Waals surface area (Å²) in [6, 6.07) is 18.8. The first-order chi connectivity index (χ1) is 11.2. The Morgan fingerprint density at radius 3 is 2.30 bits per heavy atom. The number of benzene rings is 2. The average molecular weight is 325 g/mol. The van der Waals surface area contributed by atoms with Crippen molar-refractivity contribution in [3.63, 3.8) is 0 Å². The molecule has 3 nitrogen and oxygen atoms in total. The zero-order valence-corrected chi connectivity index (χ0v) is 14.4. The molecule has 2 aromatic rings. The molecule has 1 saturated heterocycles. The molecule has 0 radical (unpaired) electrons. The van der Waals surface area contributed by atoms with E-state index in [1.807, 2.05) is 30.3 Å². The summed E-state index contributed by atoms with van der Waals surface area (Å²) in [6.45, 7) is 7.26. The lowest BCUT2D eigenvalue weighted by Crippen LogP contribution is -2.49. The van der Waals surface area contributed by atoms with Gasteiger partial charge in [-0.15, -0.1) is 0 Å². The van der Waals surface area contributed by atoms with Crippen molar-refractivity contribution in [3.05, 3.63) is 65.7 Å². The number of rotatable bonds is 3. The maximum atomic E-state index is 5.54. The van der Waals surface area contributed by atoms with Gasteiger partial charge in [0.1, 0.15) is 0 Å². The molecule has 0 saturated carbocycles. The van der Waals surface area contributed by atoms with Crippen molar-refractivity contribution in [1.29, 1.82) is 0 Å². The number of para-hydroxylation sites is 1. The summed E-state index contributed by atoms with van der Waals surface area (Å²) in [4.78, 5) is 4.76. The molecule has 2 aromatic carbocycles. The highest BCUT2D eigenvalue weighted by Crippen LogP contribution is 2.13. The van der Waals surface area contributed by atoms with Crippen molar-refractivity contribution in [3.8, 4) is 0 Å². The number of anilines is 1. The number of thiocarbonyl (C=S) groups is 1. The Morgan fingerprint density at radius 2 is 1.61 bits per heavy atom. The van der Waals surface area contributed by atoms with Gasteiger partial charge < -0.3 is 10.2 Å². The molecule has 3 rings (SSSR count). The van der Waals surface area contributed by atoms with Crippen LogP contribution in [0.3, 0.4) is 0 Å². The van der Waals surface area contributed by atoms with Crippen molar-refractivity contribution in [2.24, 2.45) is 0 Å². The van der Waals surface area contributed by atoms with Gasteiger partial charge in [0.05, 0.1) is 0 Å². The lowest BCUT2D eigenvalue weighted by atomic mass is 10.1. The van der Waals surface area contributed by atoms with Crippen LogP contribution in [-0.4, -0.2) is 41.1 Å². The van der Waals surface area contributed by atoms with Crippen LogP contribution in [0.1, 0.15) is 11.1 Å². The zero-order chi connectivity index (χ0) is 16.1. The molecular weight excluding hydrogens is 302 g/mol. The topological polar surface area (TPSA) is 18.5 Å². The Morgan fingerprint density at radius 1 is 0.957 bits per heavy atom. The van der Waals surface area contributed by atoms with Crippen LogP contribution < -0.4 is 5.32 Å². The Hall–Kier alpha value is -1.91. The average Bonchev–Trinajstić information content (AvgIpc) is 2.58. The van der Waals surface area contributed by atoms with Gasteiger partial charge in [-0.25, -0.2) is 0 Å². The van der Waals surface area contributed by atoms with E-state index in [0.29, 0.717) is 0 Å². The van der Waals surface area contributed by atoms with Crippen LogP contribution in [0.15, 0.2) is 54.6 Å². The Bertz CT molecular complexity index is 649. The van der Waals surface area contributed by atoms with Crippen LogP contribution in [0.2, 0.25) is 0 Å². The largest absolute Gasteiger partial charge is 0.346 e. The number of aryl methyl sites for hydroxylation is 1. The summed E-state index contributed by atoms with van der Waals surface area (Å²) >= 11 is 5.54. The summed E-state index contributed by atoms with van der Waals surface area (Å²) in [5.41, 5.74) is 3.85. The maximum Gasteiger partial charge on any atom is 0.173 e. The van der Waals surface area contributed by atoms with Gasteiger partial charge in [-0.2, -0.15) is 0 Å². The summed E-state index contributed by atoms with van der Waals surface area (Å²) in [5, 5.41) is 4.15. The lowest BCUT2D eigenvalue weighted by Gasteiger charge is -2.36. The van der Waals surface area contributed by atoms with Gasteiger partial charge in [-0.3, -0.25) is 4.90 Å². The van der Waals surface area contributed by atoms with Crippen LogP contribution in [-0.2, 0) is 6.54 Å². The van der Waals surface area contributed by atoms with E-state index in [9.17, 15) is 0 Å².